The summed E-state index contributed by atoms with van der Waals surface area (Å²) in [6.45, 7) is 5.57. The van der Waals surface area contributed by atoms with E-state index in [4.69, 9.17) is 4.74 Å². The quantitative estimate of drug-likeness (QED) is 0.636. The molecule has 0 aliphatic rings. The van der Waals surface area contributed by atoms with E-state index in [2.05, 4.69) is 0 Å². The van der Waals surface area contributed by atoms with E-state index in [9.17, 15) is 25.6 Å². The van der Waals surface area contributed by atoms with Crippen molar-refractivity contribution in [1.82, 2.24) is 4.31 Å². The van der Waals surface area contributed by atoms with Crippen LogP contribution in [0.1, 0.15) is 20.8 Å². The summed E-state index contributed by atoms with van der Waals surface area (Å²) in [6.07, 6.45) is 0. The second kappa shape index (κ2) is 9.06. The Hall–Kier alpha value is -2.24. The molecule has 2 aromatic carbocycles. The van der Waals surface area contributed by atoms with Crippen LogP contribution in [0.5, 0.6) is 5.75 Å². The first-order valence-electron chi connectivity index (χ1n) is 8.82. The molecule has 0 aliphatic carbocycles. The third-order valence-corrected chi connectivity index (χ3v) is 7.51. The lowest BCUT2D eigenvalue weighted by atomic mass is 10.3. The smallest absolute Gasteiger partial charge is 0.267 e. The van der Waals surface area contributed by atoms with E-state index in [0.29, 0.717) is 0 Å². The van der Waals surface area contributed by atoms with Gasteiger partial charge in [-0.2, -0.15) is 4.31 Å². The molecule has 11 heteroatoms. The van der Waals surface area contributed by atoms with Gasteiger partial charge in [0.15, 0.2) is 4.90 Å². The number of sulfonamides is 2. The van der Waals surface area contributed by atoms with Gasteiger partial charge in [-0.05, 0) is 37.3 Å². The summed E-state index contributed by atoms with van der Waals surface area (Å²) in [5, 5.41) is 0. The van der Waals surface area contributed by atoms with Gasteiger partial charge >= 0.3 is 0 Å². The van der Waals surface area contributed by atoms with E-state index in [1.165, 1.54) is 16.4 Å². The standard InChI is InChI=1S/C18H22F2N2O5S2/c1-4-22(5-2)29(25,26)17-12-13(10-11-16(17)27-6-3)21-28(23,24)18-14(19)8-7-9-15(18)20/h7-12,21H,4-6H2,1-3H3. The zero-order chi connectivity index (χ0) is 21.8. The van der Waals surface area contributed by atoms with E-state index >= 15 is 0 Å². The number of hydrogen-bond acceptors (Lipinski definition) is 5. The van der Waals surface area contributed by atoms with Crippen molar-refractivity contribution in [2.75, 3.05) is 24.4 Å². The molecule has 2 aromatic rings. The highest BCUT2D eigenvalue weighted by molar-refractivity contribution is 7.92. The Morgan fingerprint density at radius 2 is 1.55 bits per heavy atom. The summed E-state index contributed by atoms with van der Waals surface area (Å²) < 4.78 is 87.2. The maximum Gasteiger partial charge on any atom is 0.267 e. The van der Waals surface area contributed by atoms with Crippen LogP contribution >= 0.6 is 0 Å². The van der Waals surface area contributed by atoms with Crippen LogP contribution in [-0.2, 0) is 20.0 Å². The van der Waals surface area contributed by atoms with Crippen LogP contribution in [0.2, 0.25) is 0 Å². The number of rotatable bonds is 9. The summed E-state index contributed by atoms with van der Waals surface area (Å²) in [6, 6.07) is 6.26. The largest absolute Gasteiger partial charge is 0.492 e. The fourth-order valence-corrected chi connectivity index (χ4v) is 5.50. The Balaban J connectivity index is 2.56. The predicted octanol–water partition coefficient (Wildman–Crippen LogP) is 3.19. The summed E-state index contributed by atoms with van der Waals surface area (Å²) in [5.41, 5.74) is -0.179. The second-order valence-electron chi connectivity index (χ2n) is 5.84. The van der Waals surface area contributed by atoms with Gasteiger partial charge in [0.25, 0.3) is 10.0 Å². The highest BCUT2D eigenvalue weighted by Crippen LogP contribution is 2.31. The maximum atomic E-state index is 13.9. The van der Waals surface area contributed by atoms with E-state index in [1.807, 2.05) is 4.72 Å². The number of anilines is 1. The van der Waals surface area contributed by atoms with Crippen LogP contribution < -0.4 is 9.46 Å². The average molecular weight is 449 g/mol. The van der Waals surface area contributed by atoms with E-state index in [1.54, 1.807) is 20.8 Å². The molecule has 0 saturated carbocycles. The number of nitrogens with one attached hydrogen (secondary N) is 1. The van der Waals surface area contributed by atoms with Crippen molar-refractivity contribution >= 4 is 25.7 Å². The third-order valence-electron chi connectivity index (χ3n) is 4.01. The van der Waals surface area contributed by atoms with Crippen LogP contribution in [0.3, 0.4) is 0 Å². The van der Waals surface area contributed by atoms with Crippen molar-refractivity contribution in [3.8, 4) is 5.75 Å². The Morgan fingerprint density at radius 1 is 0.966 bits per heavy atom. The lowest BCUT2D eigenvalue weighted by Crippen LogP contribution is -2.31. The monoisotopic (exact) mass is 448 g/mol. The number of hydrogen-bond donors (Lipinski definition) is 1. The van der Waals surface area contributed by atoms with Crippen molar-refractivity contribution < 1.29 is 30.4 Å². The molecule has 2 rings (SSSR count). The molecule has 1 N–H and O–H groups in total. The third kappa shape index (κ3) is 4.85. The van der Waals surface area contributed by atoms with E-state index in [0.717, 1.165) is 24.3 Å². The van der Waals surface area contributed by atoms with Gasteiger partial charge in [0.2, 0.25) is 10.0 Å². The van der Waals surface area contributed by atoms with Gasteiger partial charge in [-0.1, -0.05) is 19.9 Å². The molecule has 29 heavy (non-hydrogen) atoms. The molecule has 0 radical (unpaired) electrons. The lowest BCUT2D eigenvalue weighted by molar-refractivity contribution is 0.329. The minimum Gasteiger partial charge on any atom is -0.492 e. The summed E-state index contributed by atoms with van der Waals surface area (Å²) >= 11 is 0. The molecular weight excluding hydrogens is 426 g/mol. The lowest BCUT2D eigenvalue weighted by Gasteiger charge is -2.21. The van der Waals surface area contributed by atoms with Crippen LogP contribution in [0.25, 0.3) is 0 Å². The number of benzene rings is 2. The highest BCUT2D eigenvalue weighted by atomic mass is 32.2. The molecule has 0 unspecified atom stereocenters. The van der Waals surface area contributed by atoms with Crippen LogP contribution in [0, 0.1) is 11.6 Å². The van der Waals surface area contributed by atoms with Gasteiger partial charge in [-0.15, -0.1) is 0 Å². The van der Waals surface area contributed by atoms with Crippen molar-refractivity contribution in [3.05, 3.63) is 48.0 Å². The number of nitrogens with zero attached hydrogens (tertiary/aromatic N) is 1. The molecule has 0 bridgehead atoms. The highest BCUT2D eigenvalue weighted by Gasteiger charge is 2.28. The minimum atomic E-state index is -4.64. The Kier molecular flexibility index (Phi) is 7.20. The Morgan fingerprint density at radius 3 is 2.07 bits per heavy atom. The average Bonchev–Trinajstić information content (AvgIpc) is 2.63. The second-order valence-corrected chi connectivity index (χ2v) is 9.37. The zero-order valence-electron chi connectivity index (χ0n) is 16.1. The van der Waals surface area contributed by atoms with Crippen molar-refractivity contribution in [1.29, 1.82) is 0 Å². The van der Waals surface area contributed by atoms with E-state index in [-0.39, 0.29) is 36.0 Å². The van der Waals surface area contributed by atoms with Gasteiger partial charge in [0.05, 0.1) is 12.3 Å². The topological polar surface area (TPSA) is 92.8 Å². The van der Waals surface area contributed by atoms with Gasteiger partial charge < -0.3 is 4.74 Å². The number of halogens is 2. The molecule has 0 fully saturated rings. The predicted molar refractivity (Wildman–Crippen MR) is 105 cm³/mol. The molecule has 7 nitrogen and oxygen atoms in total. The summed E-state index contributed by atoms with van der Waals surface area (Å²) in [5.74, 6) is -2.49. The Labute approximate surface area is 169 Å². The van der Waals surface area contributed by atoms with Gasteiger partial charge in [-0.25, -0.2) is 25.6 Å². The first-order chi connectivity index (χ1) is 13.6. The molecule has 0 saturated heterocycles. The number of ether oxygens (including phenoxy) is 1. The van der Waals surface area contributed by atoms with Crippen molar-refractivity contribution in [2.45, 2.75) is 30.6 Å². The maximum absolute atomic E-state index is 13.9. The summed E-state index contributed by atoms with van der Waals surface area (Å²) in [7, 11) is -8.63. The molecule has 0 spiro atoms. The molecule has 0 atom stereocenters. The van der Waals surface area contributed by atoms with Crippen molar-refractivity contribution in [2.24, 2.45) is 0 Å². The molecule has 0 aromatic heterocycles. The van der Waals surface area contributed by atoms with Crippen LogP contribution in [0.15, 0.2) is 46.2 Å². The molecule has 0 amide bonds. The molecule has 160 valence electrons. The zero-order valence-corrected chi connectivity index (χ0v) is 17.8. The normalized spacial score (nSPS) is 12.2. The first kappa shape index (κ1) is 23.0. The molecular formula is C18H22F2N2O5S2. The minimum absolute atomic E-state index is 0.0411. The molecule has 0 aliphatic heterocycles. The SMILES string of the molecule is CCOc1ccc(NS(=O)(=O)c2c(F)cccc2F)cc1S(=O)(=O)N(CC)CC. The van der Waals surface area contributed by atoms with Gasteiger partial charge in [0.1, 0.15) is 22.3 Å². The van der Waals surface area contributed by atoms with Crippen molar-refractivity contribution in [3.63, 3.8) is 0 Å². The fraction of sp³-hybridized carbons (Fsp3) is 0.333. The van der Waals surface area contributed by atoms with Crippen LogP contribution in [-0.4, -0.2) is 40.8 Å². The summed E-state index contributed by atoms with van der Waals surface area (Å²) in [4.78, 5) is -1.40. The van der Waals surface area contributed by atoms with E-state index < -0.39 is 36.6 Å². The molecule has 0 heterocycles. The Bertz CT molecular complexity index is 1070. The van der Waals surface area contributed by atoms with Gasteiger partial charge in [-0.3, -0.25) is 4.72 Å². The fourth-order valence-electron chi connectivity index (χ4n) is 2.70. The first-order valence-corrected chi connectivity index (χ1v) is 11.7. The van der Waals surface area contributed by atoms with Crippen LogP contribution in [0.4, 0.5) is 14.5 Å². The van der Waals surface area contributed by atoms with Gasteiger partial charge in [0, 0.05) is 13.1 Å².